The topological polar surface area (TPSA) is 54.8 Å². The van der Waals surface area contributed by atoms with Crippen molar-refractivity contribution in [3.05, 3.63) is 134 Å². The lowest BCUT2D eigenvalue weighted by atomic mass is 9.81. The number of halogens is 2. The van der Waals surface area contributed by atoms with E-state index in [2.05, 4.69) is 6.07 Å². The summed E-state index contributed by atoms with van der Waals surface area (Å²) >= 11 is 0. The summed E-state index contributed by atoms with van der Waals surface area (Å²) < 4.78 is 36.9. The lowest BCUT2D eigenvalue weighted by molar-refractivity contribution is 0.0693. The minimum atomic E-state index is -0.911. The van der Waals surface area contributed by atoms with Gasteiger partial charge in [-0.3, -0.25) is 19.3 Å². The second-order valence-electron chi connectivity index (χ2n) is 10.5. The fourth-order valence-electron chi connectivity index (χ4n) is 6.72. The van der Waals surface area contributed by atoms with Gasteiger partial charge in [-0.1, -0.05) is 54.6 Å². The van der Waals surface area contributed by atoms with Gasteiger partial charge in [0, 0.05) is 25.2 Å². The molecule has 2 unspecified atom stereocenters. The Kier molecular flexibility index (Phi) is 5.17. The van der Waals surface area contributed by atoms with E-state index in [-0.39, 0.29) is 36.5 Å². The molecule has 3 aliphatic rings. The molecule has 1 aliphatic heterocycles. The highest BCUT2D eigenvalue weighted by Crippen LogP contribution is 2.56. The van der Waals surface area contributed by atoms with Gasteiger partial charge in [-0.05, 0) is 52.8 Å². The van der Waals surface area contributed by atoms with E-state index in [0.717, 1.165) is 28.7 Å². The van der Waals surface area contributed by atoms with Crippen LogP contribution in [0.2, 0.25) is 0 Å². The van der Waals surface area contributed by atoms with Crippen LogP contribution in [0, 0.1) is 17.6 Å². The van der Waals surface area contributed by atoms with Crippen molar-refractivity contribution < 1.29 is 18.3 Å². The van der Waals surface area contributed by atoms with Crippen molar-refractivity contribution in [2.45, 2.75) is 25.0 Å². The maximum absolute atomic E-state index is 14.8. The number of fused-ring (bicyclic) bond motifs is 6. The van der Waals surface area contributed by atoms with Gasteiger partial charge in [0.25, 0.3) is 5.91 Å². The maximum Gasteiger partial charge on any atom is 0.277 e. The number of nitrogens with zero attached hydrogens (tertiary/aromatic N) is 3. The molecule has 8 heteroatoms. The number of carbonyl (C=O) groups excluding carboxylic acids is 1. The molecule has 0 saturated carbocycles. The van der Waals surface area contributed by atoms with Gasteiger partial charge in [0.05, 0.1) is 0 Å². The minimum Gasteiger partial charge on any atom is -0.482 e. The Hall–Kier alpha value is -4.46. The van der Waals surface area contributed by atoms with Crippen molar-refractivity contribution >= 4 is 5.91 Å². The number of ether oxygens (including phenoxy) is 1. The number of hydrogen-bond acceptors (Lipinski definition) is 4. The number of carbonyl (C=O) groups is 1. The van der Waals surface area contributed by atoms with E-state index in [1.54, 1.807) is 17.9 Å². The normalized spacial score (nSPS) is 20.9. The summed E-state index contributed by atoms with van der Waals surface area (Å²) in [6.45, 7) is 0.296. The van der Waals surface area contributed by atoms with Gasteiger partial charge in [0.2, 0.25) is 5.43 Å². The van der Waals surface area contributed by atoms with Crippen LogP contribution in [-0.4, -0.2) is 29.2 Å². The standard InChI is InChI=1S/C31H25F2N3O3/c1-34-18-36(35-12-11-27(37)29(28(35)30(34)38)39-17-19-7-3-2-4-8-19)31-22(13-20-9-5-6-10-23(20)31)14-21-15-25(32)26(33)16-24(21)31/h2-12,15-16,22H,13-14,17-18H2,1H3. The predicted molar refractivity (Wildman–Crippen MR) is 141 cm³/mol. The minimum absolute atomic E-state index is 0.0336. The zero-order valence-corrected chi connectivity index (χ0v) is 21.2. The molecule has 39 heavy (non-hydrogen) atoms. The number of rotatable bonds is 4. The molecule has 0 spiro atoms. The smallest absolute Gasteiger partial charge is 0.277 e. The molecule has 2 heterocycles. The van der Waals surface area contributed by atoms with Crippen LogP contribution in [0.1, 0.15) is 38.3 Å². The first-order valence-corrected chi connectivity index (χ1v) is 12.9. The second kappa shape index (κ2) is 8.53. The van der Waals surface area contributed by atoms with Crippen molar-refractivity contribution in [2.24, 2.45) is 5.92 Å². The molecule has 0 radical (unpaired) electrons. The Balaban J connectivity index is 1.45. The third kappa shape index (κ3) is 3.30. The zero-order valence-electron chi connectivity index (χ0n) is 21.2. The quantitative estimate of drug-likeness (QED) is 0.398. The van der Waals surface area contributed by atoms with Crippen molar-refractivity contribution in [1.82, 2.24) is 9.58 Å². The van der Waals surface area contributed by atoms with Crippen LogP contribution in [0.5, 0.6) is 5.75 Å². The highest BCUT2D eigenvalue weighted by molar-refractivity contribution is 5.96. The lowest BCUT2D eigenvalue weighted by Crippen LogP contribution is -2.62. The van der Waals surface area contributed by atoms with Crippen LogP contribution >= 0.6 is 0 Å². The third-order valence-corrected chi connectivity index (χ3v) is 8.33. The SMILES string of the molecule is CN1CN(C23c4ccccc4CC2Cc2cc(F)c(F)cc23)n2ccc(=O)c(OCc3ccccc3)c2C1=O. The van der Waals surface area contributed by atoms with E-state index < -0.39 is 22.6 Å². The summed E-state index contributed by atoms with van der Waals surface area (Å²) in [7, 11) is 1.67. The van der Waals surface area contributed by atoms with E-state index in [1.165, 1.54) is 23.1 Å². The number of hydrogen-bond donors (Lipinski definition) is 0. The number of amides is 1. The first-order valence-electron chi connectivity index (χ1n) is 12.9. The molecular formula is C31H25F2N3O3. The first-order chi connectivity index (χ1) is 18.9. The Bertz CT molecular complexity index is 1700. The van der Waals surface area contributed by atoms with Gasteiger partial charge < -0.3 is 9.64 Å². The van der Waals surface area contributed by atoms with Gasteiger partial charge >= 0.3 is 0 Å². The highest BCUT2D eigenvalue weighted by Gasteiger charge is 2.58. The average molecular weight is 526 g/mol. The van der Waals surface area contributed by atoms with Crippen LogP contribution in [0.25, 0.3) is 0 Å². The van der Waals surface area contributed by atoms with Gasteiger partial charge in [0.1, 0.15) is 18.8 Å². The van der Waals surface area contributed by atoms with Crippen LogP contribution < -0.4 is 15.2 Å². The van der Waals surface area contributed by atoms with Crippen molar-refractivity contribution in [3.63, 3.8) is 0 Å². The summed E-state index contributed by atoms with van der Waals surface area (Å²) in [5.74, 6) is -2.20. The largest absolute Gasteiger partial charge is 0.482 e. The third-order valence-electron chi connectivity index (χ3n) is 8.33. The molecule has 196 valence electrons. The fraction of sp³-hybridized carbons (Fsp3) is 0.226. The van der Waals surface area contributed by atoms with E-state index in [4.69, 9.17) is 4.74 Å². The molecule has 4 aromatic rings. The Morgan fingerprint density at radius 1 is 0.897 bits per heavy atom. The Labute approximate surface area is 223 Å². The summed E-state index contributed by atoms with van der Waals surface area (Å²) in [4.78, 5) is 28.2. The fourth-order valence-corrected chi connectivity index (χ4v) is 6.72. The van der Waals surface area contributed by atoms with Crippen LogP contribution in [-0.2, 0) is 25.0 Å². The molecule has 0 saturated heterocycles. The van der Waals surface area contributed by atoms with E-state index in [1.807, 2.05) is 53.5 Å². The summed E-state index contributed by atoms with van der Waals surface area (Å²) in [5.41, 5.74) is 3.22. The molecule has 0 bridgehead atoms. The predicted octanol–water partition coefficient (Wildman–Crippen LogP) is 4.36. The van der Waals surface area contributed by atoms with Gasteiger partial charge in [-0.15, -0.1) is 0 Å². The first kappa shape index (κ1) is 23.6. The van der Waals surface area contributed by atoms with Gasteiger partial charge in [-0.25, -0.2) is 8.78 Å². The Morgan fingerprint density at radius 2 is 1.62 bits per heavy atom. The molecular weight excluding hydrogens is 500 g/mol. The number of benzene rings is 3. The molecule has 0 fully saturated rings. The molecule has 3 aromatic carbocycles. The van der Waals surface area contributed by atoms with Gasteiger partial charge in [0.15, 0.2) is 23.1 Å². The van der Waals surface area contributed by atoms with E-state index in [9.17, 15) is 18.4 Å². The van der Waals surface area contributed by atoms with Crippen LogP contribution in [0.15, 0.2) is 83.8 Å². The van der Waals surface area contributed by atoms with Crippen molar-refractivity contribution in [1.29, 1.82) is 0 Å². The monoisotopic (exact) mass is 525 g/mol. The van der Waals surface area contributed by atoms with Crippen LogP contribution in [0.3, 0.4) is 0 Å². The van der Waals surface area contributed by atoms with Crippen molar-refractivity contribution in [3.8, 4) is 5.75 Å². The van der Waals surface area contributed by atoms with Crippen LogP contribution in [0.4, 0.5) is 8.78 Å². The zero-order chi connectivity index (χ0) is 26.9. The molecule has 2 atom stereocenters. The molecule has 2 aliphatic carbocycles. The van der Waals surface area contributed by atoms with Crippen molar-refractivity contribution in [2.75, 3.05) is 18.7 Å². The van der Waals surface area contributed by atoms with Gasteiger partial charge in [-0.2, -0.15) is 0 Å². The molecule has 7 rings (SSSR count). The highest BCUT2D eigenvalue weighted by atomic mass is 19.2. The summed E-state index contributed by atoms with van der Waals surface area (Å²) in [5, 5.41) is 2.01. The second-order valence-corrected chi connectivity index (χ2v) is 10.5. The van der Waals surface area contributed by atoms with E-state index in [0.29, 0.717) is 12.0 Å². The number of aromatic nitrogens is 1. The average Bonchev–Trinajstić information content (AvgIpc) is 3.42. The molecule has 6 nitrogen and oxygen atoms in total. The molecule has 0 N–H and O–H groups in total. The number of pyridine rings is 1. The molecule has 1 aromatic heterocycles. The lowest BCUT2D eigenvalue weighted by Gasteiger charge is -2.50. The Morgan fingerprint density at radius 3 is 2.44 bits per heavy atom. The maximum atomic E-state index is 14.8. The summed E-state index contributed by atoms with van der Waals surface area (Å²) in [6.07, 6.45) is 2.86. The van der Waals surface area contributed by atoms with E-state index >= 15 is 0 Å². The molecule has 1 amide bonds. The summed E-state index contributed by atoms with van der Waals surface area (Å²) in [6, 6.07) is 21.4.